The summed E-state index contributed by atoms with van der Waals surface area (Å²) in [5.41, 5.74) is 0. The predicted octanol–water partition coefficient (Wildman–Crippen LogP) is 2.34. The molecule has 0 aliphatic rings. The Morgan fingerprint density at radius 1 is 1.56 bits per heavy atom. The van der Waals surface area contributed by atoms with Crippen molar-refractivity contribution >= 4 is 17.5 Å². The topological polar surface area (TPSA) is 29.5 Å². The minimum Gasteiger partial charge on any atom is -0.484 e. The molecule has 0 aliphatic heterocycles. The number of hydrogen-bond donors (Lipinski definition) is 0. The van der Waals surface area contributed by atoms with Crippen LogP contribution in [0.25, 0.3) is 0 Å². The summed E-state index contributed by atoms with van der Waals surface area (Å²) in [6.07, 6.45) is 0. The molecule has 0 spiro atoms. The van der Waals surface area contributed by atoms with Gasteiger partial charge in [0, 0.05) is 19.7 Å². The van der Waals surface area contributed by atoms with Crippen LogP contribution in [0, 0.1) is 5.82 Å². The SMILES string of the molecule is CCN(C)C(=O)COc1ccc(F)c(Cl)c1. The lowest BCUT2D eigenvalue weighted by Crippen LogP contribution is -2.31. The van der Waals surface area contributed by atoms with Gasteiger partial charge in [0.15, 0.2) is 6.61 Å². The molecule has 0 fully saturated rings. The van der Waals surface area contributed by atoms with Crippen LogP contribution in [0.1, 0.15) is 6.92 Å². The van der Waals surface area contributed by atoms with Crippen molar-refractivity contribution in [3.8, 4) is 5.75 Å². The van der Waals surface area contributed by atoms with Crippen LogP contribution in [0.4, 0.5) is 4.39 Å². The van der Waals surface area contributed by atoms with E-state index in [1.165, 1.54) is 23.1 Å². The first-order chi connectivity index (χ1) is 7.54. The zero-order chi connectivity index (χ0) is 12.1. The van der Waals surface area contributed by atoms with Crippen molar-refractivity contribution in [3.05, 3.63) is 29.0 Å². The van der Waals surface area contributed by atoms with Gasteiger partial charge in [-0.3, -0.25) is 4.79 Å². The van der Waals surface area contributed by atoms with Gasteiger partial charge in [0.1, 0.15) is 11.6 Å². The monoisotopic (exact) mass is 245 g/mol. The lowest BCUT2D eigenvalue weighted by atomic mass is 10.3. The molecule has 0 aromatic heterocycles. The van der Waals surface area contributed by atoms with Crippen LogP contribution in [-0.4, -0.2) is 31.0 Å². The van der Waals surface area contributed by atoms with Gasteiger partial charge in [-0.05, 0) is 19.1 Å². The number of carbonyl (C=O) groups is 1. The second-order valence-corrected chi connectivity index (χ2v) is 3.68. The van der Waals surface area contributed by atoms with Crippen LogP contribution in [0.15, 0.2) is 18.2 Å². The maximum Gasteiger partial charge on any atom is 0.260 e. The van der Waals surface area contributed by atoms with Crippen LogP contribution in [0.2, 0.25) is 5.02 Å². The van der Waals surface area contributed by atoms with Crippen LogP contribution >= 0.6 is 11.6 Å². The van der Waals surface area contributed by atoms with Gasteiger partial charge >= 0.3 is 0 Å². The number of carbonyl (C=O) groups excluding carboxylic acids is 1. The van der Waals surface area contributed by atoms with Crippen LogP contribution in [-0.2, 0) is 4.79 Å². The maximum absolute atomic E-state index is 12.8. The van der Waals surface area contributed by atoms with Crippen molar-refractivity contribution in [1.82, 2.24) is 4.90 Å². The van der Waals surface area contributed by atoms with Gasteiger partial charge in [0.25, 0.3) is 5.91 Å². The summed E-state index contributed by atoms with van der Waals surface area (Å²) in [6.45, 7) is 2.41. The van der Waals surface area contributed by atoms with Crippen LogP contribution in [0.5, 0.6) is 5.75 Å². The Labute approximate surface area is 98.8 Å². The summed E-state index contributed by atoms with van der Waals surface area (Å²) in [7, 11) is 1.68. The zero-order valence-corrected chi connectivity index (χ0v) is 9.92. The normalized spacial score (nSPS) is 10.0. The van der Waals surface area contributed by atoms with Crippen molar-refractivity contribution in [2.75, 3.05) is 20.2 Å². The van der Waals surface area contributed by atoms with Gasteiger partial charge in [0.05, 0.1) is 5.02 Å². The van der Waals surface area contributed by atoms with Gasteiger partial charge in [-0.25, -0.2) is 4.39 Å². The first-order valence-corrected chi connectivity index (χ1v) is 5.24. The number of rotatable bonds is 4. The number of ether oxygens (including phenoxy) is 1. The Hall–Kier alpha value is -1.29. The van der Waals surface area contributed by atoms with Gasteiger partial charge < -0.3 is 9.64 Å². The van der Waals surface area contributed by atoms with Gasteiger partial charge in [0.2, 0.25) is 0 Å². The average molecular weight is 246 g/mol. The average Bonchev–Trinajstić information content (AvgIpc) is 2.29. The molecule has 0 heterocycles. The third-order valence-corrected chi connectivity index (χ3v) is 2.44. The van der Waals surface area contributed by atoms with E-state index in [1.54, 1.807) is 7.05 Å². The third-order valence-electron chi connectivity index (χ3n) is 2.15. The molecule has 16 heavy (non-hydrogen) atoms. The fraction of sp³-hybridized carbons (Fsp3) is 0.364. The number of likely N-dealkylation sites (N-methyl/N-ethyl adjacent to an activating group) is 1. The van der Waals surface area contributed by atoms with E-state index in [0.29, 0.717) is 12.3 Å². The van der Waals surface area contributed by atoms with E-state index in [-0.39, 0.29) is 17.5 Å². The van der Waals surface area contributed by atoms with Crippen LogP contribution < -0.4 is 4.74 Å². The number of nitrogens with zero attached hydrogens (tertiary/aromatic N) is 1. The van der Waals surface area contributed by atoms with Gasteiger partial charge in [-0.1, -0.05) is 11.6 Å². The molecule has 0 bridgehead atoms. The molecule has 0 saturated heterocycles. The lowest BCUT2D eigenvalue weighted by Gasteiger charge is -2.14. The molecular formula is C11H13ClFNO2. The Morgan fingerprint density at radius 3 is 2.81 bits per heavy atom. The zero-order valence-electron chi connectivity index (χ0n) is 9.17. The molecule has 1 amide bonds. The predicted molar refractivity (Wildman–Crippen MR) is 60.2 cm³/mol. The van der Waals surface area contributed by atoms with Crippen molar-refractivity contribution < 1.29 is 13.9 Å². The number of amides is 1. The molecule has 1 rings (SSSR count). The molecule has 0 radical (unpaired) electrons. The van der Waals surface area contributed by atoms with E-state index in [2.05, 4.69) is 0 Å². The summed E-state index contributed by atoms with van der Waals surface area (Å²) in [5.74, 6) is -0.266. The highest BCUT2D eigenvalue weighted by Gasteiger charge is 2.08. The molecule has 0 aliphatic carbocycles. The fourth-order valence-electron chi connectivity index (χ4n) is 0.998. The second-order valence-electron chi connectivity index (χ2n) is 3.27. The summed E-state index contributed by atoms with van der Waals surface area (Å²) < 4.78 is 18.0. The van der Waals surface area contributed by atoms with Gasteiger partial charge in [-0.2, -0.15) is 0 Å². The van der Waals surface area contributed by atoms with E-state index < -0.39 is 5.82 Å². The minimum absolute atomic E-state index is 0.0196. The second kappa shape index (κ2) is 5.70. The first kappa shape index (κ1) is 12.8. The standard InChI is InChI=1S/C11H13ClFNO2/c1-3-14(2)11(15)7-16-8-4-5-10(13)9(12)6-8/h4-6H,3,7H2,1-2H3. The third kappa shape index (κ3) is 3.38. The Balaban J connectivity index is 2.55. The minimum atomic E-state index is -0.508. The molecule has 5 heteroatoms. The molecule has 0 saturated carbocycles. The Morgan fingerprint density at radius 2 is 2.25 bits per heavy atom. The highest BCUT2D eigenvalue weighted by Crippen LogP contribution is 2.20. The molecule has 0 atom stereocenters. The van der Waals surface area contributed by atoms with Crippen LogP contribution in [0.3, 0.4) is 0 Å². The Kier molecular flexibility index (Phi) is 4.55. The largest absolute Gasteiger partial charge is 0.484 e. The van der Waals surface area contributed by atoms with E-state index >= 15 is 0 Å². The van der Waals surface area contributed by atoms with Crippen molar-refractivity contribution in [3.63, 3.8) is 0 Å². The first-order valence-electron chi connectivity index (χ1n) is 4.86. The molecule has 1 aromatic rings. The quantitative estimate of drug-likeness (QED) is 0.815. The van der Waals surface area contributed by atoms with Crippen molar-refractivity contribution in [2.24, 2.45) is 0 Å². The summed E-state index contributed by atoms with van der Waals surface area (Å²) in [4.78, 5) is 12.9. The van der Waals surface area contributed by atoms with Crippen molar-refractivity contribution in [1.29, 1.82) is 0 Å². The number of benzene rings is 1. The van der Waals surface area contributed by atoms with Crippen molar-refractivity contribution in [2.45, 2.75) is 6.92 Å². The van der Waals surface area contributed by atoms with Gasteiger partial charge in [-0.15, -0.1) is 0 Å². The molecule has 1 aromatic carbocycles. The summed E-state index contributed by atoms with van der Waals surface area (Å²) in [6, 6.07) is 3.97. The molecule has 0 N–H and O–H groups in total. The summed E-state index contributed by atoms with van der Waals surface area (Å²) in [5, 5.41) is -0.0196. The fourth-order valence-corrected chi connectivity index (χ4v) is 1.17. The van der Waals surface area contributed by atoms with E-state index in [9.17, 15) is 9.18 Å². The molecule has 0 unspecified atom stereocenters. The molecule has 3 nitrogen and oxygen atoms in total. The maximum atomic E-state index is 12.8. The van der Waals surface area contributed by atoms with E-state index in [4.69, 9.17) is 16.3 Å². The Bertz CT molecular complexity index is 384. The molecular weight excluding hydrogens is 233 g/mol. The highest BCUT2D eigenvalue weighted by molar-refractivity contribution is 6.30. The molecule has 88 valence electrons. The van der Waals surface area contributed by atoms with E-state index in [1.807, 2.05) is 6.92 Å². The van der Waals surface area contributed by atoms with E-state index in [0.717, 1.165) is 0 Å². The highest BCUT2D eigenvalue weighted by atomic mass is 35.5. The number of hydrogen-bond acceptors (Lipinski definition) is 2. The number of halogens is 2. The smallest absolute Gasteiger partial charge is 0.260 e. The lowest BCUT2D eigenvalue weighted by molar-refractivity contribution is -0.131. The summed E-state index contributed by atoms with van der Waals surface area (Å²) >= 11 is 5.57.